The number of nitrogens with zero attached hydrogens (tertiary/aromatic N) is 5. The summed E-state index contributed by atoms with van der Waals surface area (Å²) in [5.41, 5.74) is 1.08. The maximum absolute atomic E-state index is 4.45. The van der Waals surface area contributed by atoms with Crippen LogP contribution in [0.2, 0.25) is 0 Å². The van der Waals surface area contributed by atoms with Crippen LogP contribution in [0.4, 0.5) is 11.9 Å². The van der Waals surface area contributed by atoms with Gasteiger partial charge in [-0.05, 0) is 18.6 Å². The third-order valence-electron chi connectivity index (χ3n) is 2.49. The van der Waals surface area contributed by atoms with Crippen LogP contribution in [-0.2, 0) is 6.42 Å². The van der Waals surface area contributed by atoms with Crippen molar-refractivity contribution in [1.29, 1.82) is 0 Å². The van der Waals surface area contributed by atoms with Crippen molar-refractivity contribution in [3.63, 3.8) is 0 Å². The molecule has 2 aromatic heterocycles. The second-order valence-electron chi connectivity index (χ2n) is 4.34. The fourth-order valence-electron chi connectivity index (χ4n) is 1.61. The van der Waals surface area contributed by atoms with Crippen molar-refractivity contribution in [2.24, 2.45) is 0 Å². The third-order valence-corrected chi connectivity index (χ3v) is 2.49. The van der Waals surface area contributed by atoms with Crippen LogP contribution in [0.25, 0.3) is 0 Å². The Kier molecular flexibility index (Phi) is 4.22. The van der Waals surface area contributed by atoms with Gasteiger partial charge in [-0.3, -0.25) is 4.98 Å². The summed E-state index contributed by atoms with van der Waals surface area (Å²) in [6, 6.07) is 3.92. The van der Waals surface area contributed by atoms with Gasteiger partial charge in [0.25, 0.3) is 0 Å². The summed E-state index contributed by atoms with van der Waals surface area (Å²) in [4.78, 5) is 19.2. The first-order chi connectivity index (χ1) is 9.19. The number of aromatic nitrogens is 4. The van der Waals surface area contributed by atoms with Gasteiger partial charge < -0.3 is 10.2 Å². The van der Waals surface area contributed by atoms with E-state index in [1.807, 2.05) is 44.2 Å². The molecule has 0 aromatic carbocycles. The molecular formula is C13H18N6. The third kappa shape index (κ3) is 3.61. The topological polar surface area (TPSA) is 66.8 Å². The average Bonchev–Trinajstić information content (AvgIpc) is 2.40. The zero-order valence-electron chi connectivity index (χ0n) is 11.5. The van der Waals surface area contributed by atoms with E-state index >= 15 is 0 Å². The zero-order valence-corrected chi connectivity index (χ0v) is 11.5. The Bertz CT molecular complexity index is 526. The predicted molar refractivity (Wildman–Crippen MR) is 75.4 cm³/mol. The molecule has 100 valence electrons. The molecule has 2 heterocycles. The molecule has 6 heteroatoms. The minimum atomic E-state index is 0.611. The van der Waals surface area contributed by atoms with Crippen molar-refractivity contribution < 1.29 is 0 Å². The molecule has 1 N–H and O–H groups in total. The molecule has 6 nitrogen and oxygen atoms in total. The largest absolute Gasteiger partial charge is 0.354 e. The van der Waals surface area contributed by atoms with E-state index in [0.717, 1.165) is 17.9 Å². The van der Waals surface area contributed by atoms with Gasteiger partial charge in [0.15, 0.2) is 0 Å². The summed E-state index contributed by atoms with van der Waals surface area (Å²) in [5, 5.41) is 3.12. The molecule has 0 bridgehead atoms. The van der Waals surface area contributed by atoms with Crippen LogP contribution in [0.1, 0.15) is 18.3 Å². The quantitative estimate of drug-likeness (QED) is 0.873. The highest BCUT2D eigenvalue weighted by molar-refractivity contribution is 5.36. The smallest absolute Gasteiger partial charge is 0.229 e. The van der Waals surface area contributed by atoms with E-state index in [2.05, 4.69) is 25.3 Å². The average molecular weight is 258 g/mol. The number of hydrogen-bond acceptors (Lipinski definition) is 6. The van der Waals surface area contributed by atoms with Gasteiger partial charge in [-0.2, -0.15) is 15.0 Å². The van der Waals surface area contributed by atoms with Crippen LogP contribution in [0.15, 0.2) is 24.5 Å². The molecule has 0 aliphatic carbocycles. The molecule has 19 heavy (non-hydrogen) atoms. The standard InChI is InChI=1S/C13H18N6/c1-4-15-12-16-11(17-13(18-12)19(2)3)8-10-6-5-7-14-9-10/h5-7,9H,4,8H2,1-3H3,(H,15,16,17,18). The van der Waals surface area contributed by atoms with E-state index in [4.69, 9.17) is 0 Å². The highest BCUT2D eigenvalue weighted by Gasteiger charge is 2.08. The van der Waals surface area contributed by atoms with E-state index in [1.54, 1.807) is 6.20 Å². The number of hydrogen-bond donors (Lipinski definition) is 1. The van der Waals surface area contributed by atoms with Gasteiger partial charge in [0, 0.05) is 39.5 Å². The lowest BCUT2D eigenvalue weighted by Crippen LogP contribution is -2.17. The van der Waals surface area contributed by atoms with Crippen LogP contribution in [-0.4, -0.2) is 40.6 Å². The summed E-state index contributed by atoms with van der Waals surface area (Å²) in [6.45, 7) is 2.79. The van der Waals surface area contributed by atoms with Gasteiger partial charge in [0.05, 0.1) is 0 Å². The molecule has 2 aromatic rings. The van der Waals surface area contributed by atoms with Crippen molar-refractivity contribution >= 4 is 11.9 Å². The lowest BCUT2D eigenvalue weighted by molar-refractivity contribution is 0.878. The molecule has 0 spiro atoms. The molecule has 0 fully saturated rings. The van der Waals surface area contributed by atoms with Crippen molar-refractivity contribution in [2.45, 2.75) is 13.3 Å². The predicted octanol–water partition coefficient (Wildman–Crippen LogP) is 1.36. The minimum Gasteiger partial charge on any atom is -0.354 e. The lowest BCUT2D eigenvalue weighted by Gasteiger charge is -2.13. The van der Waals surface area contributed by atoms with Crippen LogP contribution in [0, 0.1) is 0 Å². The van der Waals surface area contributed by atoms with Gasteiger partial charge in [0.2, 0.25) is 11.9 Å². The summed E-state index contributed by atoms with van der Waals surface area (Å²) in [6.07, 6.45) is 4.23. The zero-order chi connectivity index (χ0) is 13.7. The van der Waals surface area contributed by atoms with E-state index in [1.165, 1.54) is 0 Å². The van der Waals surface area contributed by atoms with Gasteiger partial charge in [-0.15, -0.1) is 0 Å². The first-order valence-electron chi connectivity index (χ1n) is 6.24. The Labute approximate surface area is 113 Å². The van der Waals surface area contributed by atoms with E-state index < -0.39 is 0 Å². The number of rotatable bonds is 5. The molecular weight excluding hydrogens is 240 g/mol. The van der Waals surface area contributed by atoms with Crippen molar-refractivity contribution in [3.8, 4) is 0 Å². The van der Waals surface area contributed by atoms with E-state index in [-0.39, 0.29) is 0 Å². The molecule has 0 amide bonds. The van der Waals surface area contributed by atoms with Crippen LogP contribution in [0.5, 0.6) is 0 Å². The first kappa shape index (κ1) is 13.2. The fourth-order valence-corrected chi connectivity index (χ4v) is 1.61. The van der Waals surface area contributed by atoms with Gasteiger partial charge in [0.1, 0.15) is 5.82 Å². The second kappa shape index (κ2) is 6.08. The molecule has 2 rings (SSSR count). The van der Waals surface area contributed by atoms with Gasteiger partial charge in [-0.1, -0.05) is 6.07 Å². The second-order valence-corrected chi connectivity index (χ2v) is 4.34. The molecule has 0 radical (unpaired) electrons. The Morgan fingerprint density at radius 3 is 2.68 bits per heavy atom. The lowest BCUT2D eigenvalue weighted by atomic mass is 10.2. The molecule has 0 aliphatic heterocycles. The highest BCUT2D eigenvalue weighted by atomic mass is 15.3. The normalized spacial score (nSPS) is 10.3. The fraction of sp³-hybridized carbons (Fsp3) is 0.385. The van der Waals surface area contributed by atoms with E-state index in [0.29, 0.717) is 18.3 Å². The van der Waals surface area contributed by atoms with Crippen LogP contribution in [0.3, 0.4) is 0 Å². The summed E-state index contributed by atoms with van der Waals surface area (Å²) in [7, 11) is 3.83. The number of nitrogens with one attached hydrogen (secondary N) is 1. The Morgan fingerprint density at radius 1 is 1.21 bits per heavy atom. The molecule has 0 aliphatic rings. The minimum absolute atomic E-state index is 0.611. The van der Waals surface area contributed by atoms with Gasteiger partial charge in [-0.25, -0.2) is 0 Å². The van der Waals surface area contributed by atoms with Crippen LogP contribution >= 0.6 is 0 Å². The van der Waals surface area contributed by atoms with Crippen LogP contribution < -0.4 is 10.2 Å². The van der Waals surface area contributed by atoms with Crippen molar-refractivity contribution in [1.82, 2.24) is 19.9 Å². The summed E-state index contributed by atoms with van der Waals surface area (Å²) < 4.78 is 0. The van der Waals surface area contributed by atoms with Gasteiger partial charge >= 0.3 is 0 Å². The monoisotopic (exact) mass is 258 g/mol. The first-order valence-corrected chi connectivity index (χ1v) is 6.24. The molecule has 0 unspecified atom stereocenters. The highest BCUT2D eigenvalue weighted by Crippen LogP contribution is 2.11. The summed E-state index contributed by atoms with van der Waals surface area (Å²) >= 11 is 0. The molecule has 0 atom stereocenters. The molecule has 0 saturated carbocycles. The summed E-state index contributed by atoms with van der Waals surface area (Å²) in [5.74, 6) is 2.01. The Morgan fingerprint density at radius 2 is 2.05 bits per heavy atom. The SMILES string of the molecule is CCNc1nc(Cc2cccnc2)nc(N(C)C)n1. The maximum atomic E-state index is 4.45. The maximum Gasteiger partial charge on any atom is 0.229 e. The van der Waals surface area contributed by atoms with Crippen molar-refractivity contribution in [3.05, 3.63) is 35.9 Å². The van der Waals surface area contributed by atoms with E-state index in [9.17, 15) is 0 Å². The van der Waals surface area contributed by atoms with Crippen molar-refractivity contribution in [2.75, 3.05) is 30.9 Å². The Hall–Kier alpha value is -2.24. The number of anilines is 2. The number of pyridine rings is 1. The molecule has 0 saturated heterocycles. The Balaban J connectivity index is 2.28.